The van der Waals surface area contributed by atoms with Gasteiger partial charge in [0.15, 0.2) is 0 Å². The van der Waals surface area contributed by atoms with Crippen LogP contribution in [0.3, 0.4) is 0 Å². The lowest BCUT2D eigenvalue weighted by Crippen LogP contribution is -2.06. The zero-order chi connectivity index (χ0) is 31.3. The van der Waals surface area contributed by atoms with Gasteiger partial charge >= 0.3 is 5.97 Å². The molecule has 0 spiro atoms. The van der Waals surface area contributed by atoms with E-state index in [1.807, 2.05) is 6.08 Å². The van der Waals surface area contributed by atoms with Gasteiger partial charge < -0.3 is 5.11 Å². The Balaban J connectivity index is 3.16. The van der Waals surface area contributed by atoms with Crippen molar-refractivity contribution in [1.82, 2.24) is 0 Å². The minimum Gasteiger partial charge on any atom is -0.393 e. The molecule has 0 bridgehead atoms. The van der Waals surface area contributed by atoms with Crippen LogP contribution in [0.15, 0.2) is 12.7 Å². The largest absolute Gasteiger partial charge is 0.393 e. The summed E-state index contributed by atoms with van der Waals surface area (Å²) in [7, 11) is 0. The van der Waals surface area contributed by atoms with Gasteiger partial charge in [0.1, 0.15) is 0 Å². The first-order valence-electron chi connectivity index (χ1n) is 19.3. The van der Waals surface area contributed by atoms with Crippen LogP contribution in [0.2, 0.25) is 0 Å². The van der Waals surface area contributed by atoms with E-state index in [1.54, 1.807) is 0 Å². The maximum Gasteiger partial charge on any atom is 0.342 e. The summed E-state index contributed by atoms with van der Waals surface area (Å²) in [6, 6.07) is 0. The van der Waals surface area contributed by atoms with E-state index in [4.69, 9.17) is 9.78 Å². The smallest absolute Gasteiger partial charge is 0.342 e. The molecule has 1 atom stereocenters. The summed E-state index contributed by atoms with van der Waals surface area (Å²) in [5.74, 6) is -0.203. The quantitative estimate of drug-likeness (QED) is 0.0330. The van der Waals surface area contributed by atoms with Crippen LogP contribution in [0.5, 0.6) is 0 Å². The summed E-state index contributed by atoms with van der Waals surface area (Å²) >= 11 is 0. The Labute approximate surface area is 269 Å². The predicted octanol–water partition coefficient (Wildman–Crippen LogP) is 12.9. The van der Waals surface area contributed by atoms with E-state index in [9.17, 15) is 9.90 Å². The number of hydrogen-bond acceptors (Lipinski definition) is 4. The van der Waals surface area contributed by atoms with Crippen molar-refractivity contribution in [1.29, 1.82) is 0 Å². The fraction of sp³-hybridized carbons (Fsp3) is 0.923. The zero-order valence-corrected chi connectivity index (χ0v) is 29.1. The van der Waals surface area contributed by atoms with Crippen molar-refractivity contribution in [2.24, 2.45) is 0 Å². The van der Waals surface area contributed by atoms with E-state index in [-0.39, 0.29) is 12.1 Å². The van der Waals surface area contributed by atoms with Crippen LogP contribution in [-0.4, -0.2) is 23.8 Å². The summed E-state index contributed by atoms with van der Waals surface area (Å²) in [6.07, 6.45) is 43.1. The lowest BCUT2D eigenvalue weighted by atomic mass is 10.0. The van der Waals surface area contributed by atoms with E-state index >= 15 is 0 Å². The van der Waals surface area contributed by atoms with Crippen molar-refractivity contribution in [2.75, 3.05) is 6.61 Å². The van der Waals surface area contributed by atoms with Crippen LogP contribution in [0.4, 0.5) is 0 Å². The summed E-state index contributed by atoms with van der Waals surface area (Å²) < 4.78 is 0. The van der Waals surface area contributed by atoms with Crippen molar-refractivity contribution in [3.8, 4) is 0 Å². The molecule has 0 amide bonds. The number of carbonyl (C=O) groups is 1. The highest BCUT2D eigenvalue weighted by Crippen LogP contribution is 2.16. The molecule has 0 aliphatic heterocycles. The third-order valence-corrected chi connectivity index (χ3v) is 8.84. The SMILES string of the molecule is C=CCC(O)CCCCCCCCCCCCCCCCCOOC(=O)CCCCCCCCCCCCCCCCC. The van der Waals surface area contributed by atoms with Crippen LogP contribution < -0.4 is 0 Å². The highest BCUT2D eigenvalue weighted by Gasteiger charge is 2.04. The first kappa shape index (κ1) is 42.1. The number of hydrogen-bond donors (Lipinski definition) is 1. The van der Waals surface area contributed by atoms with Gasteiger partial charge in [-0.05, 0) is 25.7 Å². The molecule has 1 N–H and O–H groups in total. The second-order valence-electron chi connectivity index (χ2n) is 13.2. The number of rotatable bonds is 37. The molecule has 0 aromatic rings. The molecule has 4 heteroatoms. The highest BCUT2D eigenvalue weighted by atomic mass is 17.2. The maximum atomic E-state index is 11.8. The Hall–Kier alpha value is -0.870. The Morgan fingerprint density at radius 1 is 0.558 bits per heavy atom. The third kappa shape index (κ3) is 37.2. The van der Waals surface area contributed by atoms with Crippen LogP contribution in [-0.2, 0) is 14.6 Å². The number of carbonyl (C=O) groups excluding carboxylic acids is 1. The molecule has 0 saturated heterocycles. The summed E-state index contributed by atoms with van der Waals surface area (Å²) in [6.45, 7) is 6.49. The van der Waals surface area contributed by atoms with Gasteiger partial charge in [-0.25, -0.2) is 4.79 Å². The topological polar surface area (TPSA) is 55.8 Å². The molecule has 0 fully saturated rings. The van der Waals surface area contributed by atoms with E-state index < -0.39 is 0 Å². The average Bonchev–Trinajstić information content (AvgIpc) is 3.00. The fourth-order valence-corrected chi connectivity index (χ4v) is 5.94. The molecular weight excluding hydrogens is 532 g/mol. The van der Waals surface area contributed by atoms with Gasteiger partial charge in [0.05, 0.1) is 12.7 Å². The molecule has 4 nitrogen and oxygen atoms in total. The van der Waals surface area contributed by atoms with Crippen LogP contribution in [0.1, 0.15) is 219 Å². The van der Waals surface area contributed by atoms with Crippen molar-refractivity contribution < 1.29 is 19.7 Å². The molecule has 0 saturated carbocycles. The Kier molecular flexibility index (Phi) is 36.6. The molecule has 0 rings (SSSR count). The molecule has 256 valence electrons. The van der Waals surface area contributed by atoms with Crippen LogP contribution in [0.25, 0.3) is 0 Å². The van der Waals surface area contributed by atoms with Gasteiger partial charge in [-0.1, -0.05) is 193 Å². The number of aliphatic hydroxyl groups is 1. The summed E-state index contributed by atoms with van der Waals surface area (Å²) in [5, 5.41) is 9.69. The minimum atomic E-state index is -0.203. The van der Waals surface area contributed by atoms with E-state index in [1.165, 1.54) is 161 Å². The molecule has 0 radical (unpaired) electrons. The standard InChI is InChI=1S/C39H76O4/c1-3-5-6-7-8-9-10-11-13-17-20-23-26-29-32-36-39(41)43-42-37-33-30-27-24-21-18-15-12-14-16-19-22-25-28-31-35-38(40)34-4-2/h4,38,40H,2-3,5-37H2,1H3. The van der Waals surface area contributed by atoms with Crippen molar-refractivity contribution >= 4 is 5.97 Å². The summed E-state index contributed by atoms with van der Waals surface area (Å²) in [4.78, 5) is 21.9. The van der Waals surface area contributed by atoms with E-state index in [0.717, 1.165) is 44.9 Å². The molecule has 1 unspecified atom stereocenters. The van der Waals surface area contributed by atoms with Crippen LogP contribution >= 0.6 is 0 Å². The molecule has 0 aromatic heterocycles. The molecule has 0 aromatic carbocycles. The lowest BCUT2D eigenvalue weighted by molar-refractivity contribution is -0.272. The molecule has 43 heavy (non-hydrogen) atoms. The van der Waals surface area contributed by atoms with Gasteiger partial charge in [-0.3, -0.25) is 4.89 Å². The van der Waals surface area contributed by atoms with Crippen molar-refractivity contribution in [3.63, 3.8) is 0 Å². The Bertz CT molecular complexity index is 549. The first-order valence-corrected chi connectivity index (χ1v) is 19.3. The highest BCUT2D eigenvalue weighted by molar-refractivity contribution is 5.68. The maximum absolute atomic E-state index is 11.8. The van der Waals surface area contributed by atoms with Gasteiger partial charge in [0.2, 0.25) is 0 Å². The Morgan fingerprint density at radius 3 is 1.30 bits per heavy atom. The first-order chi connectivity index (χ1) is 21.2. The molecule has 0 aliphatic rings. The predicted molar refractivity (Wildman–Crippen MR) is 186 cm³/mol. The fourth-order valence-electron chi connectivity index (χ4n) is 5.94. The normalized spacial score (nSPS) is 12.0. The third-order valence-electron chi connectivity index (χ3n) is 8.84. The second kappa shape index (κ2) is 37.3. The van der Waals surface area contributed by atoms with Crippen molar-refractivity contribution in [3.05, 3.63) is 12.7 Å². The zero-order valence-electron chi connectivity index (χ0n) is 29.1. The minimum absolute atomic E-state index is 0.179. The molecular formula is C39H76O4. The van der Waals surface area contributed by atoms with Crippen LogP contribution in [0, 0.1) is 0 Å². The average molecular weight is 609 g/mol. The van der Waals surface area contributed by atoms with Crippen molar-refractivity contribution in [2.45, 2.75) is 225 Å². The number of aliphatic hydroxyl groups excluding tert-OH is 1. The molecule has 0 aliphatic carbocycles. The van der Waals surface area contributed by atoms with E-state index in [0.29, 0.717) is 13.0 Å². The Morgan fingerprint density at radius 2 is 0.907 bits per heavy atom. The number of unbranched alkanes of at least 4 members (excludes halogenated alkanes) is 28. The summed E-state index contributed by atoms with van der Waals surface area (Å²) in [5.41, 5.74) is 0. The second-order valence-corrected chi connectivity index (χ2v) is 13.2. The van der Waals surface area contributed by atoms with Gasteiger partial charge in [-0.2, -0.15) is 4.89 Å². The van der Waals surface area contributed by atoms with Gasteiger partial charge in [0.25, 0.3) is 0 Å². The monoisotopic (exact) mass is 609 g/mol. The van der Waals surface area contributed by atoms with Gasteiger partial charge in [0, 0.05) is 6.42 Å². The van der Waals surface area contributed by atoms with E-state index in [2.05, 4.69) is 13.5 Å². The lowest BCUT2D eigenvalue weighted by Gasteiger charge is -2.07. The molecule has 0 heterocycles. The van der Waals surface area contributed by atoms with Gasteiger partial charge in [-0.15, -0.1) is 6.58 Å².